The third-order valence-electron chi connectivity index (χ3n) is 3.47. The fraction of sp³-hybridized carbons (Fsp3) is 0.900. The molecule has 4 heteroatoms. The molecule has 0 aromatic rings. The zero-order valence-corrected chi connectivity index (χ0v) is 10.2. The van der Waals surface area contributed by atoms with Crippen LogP contribution in [-0.2, 0) is 9.53 Å². The highest BCUT2D eigenvalue weighted by atomic mass is 79.9. The van der Waals surface area contributed by atoms with E-state index in [-0.39, 0.29) is 11.3 Å². The van der Waals surface area contributed by atoms with Crippen LogP contribution in [-0.4, -0.2) is 41.9 Å². The number of carbonyl (C=O) groups excluding carboxylic acids is 1. The lowest BCUT2D eigenvalue weighted by molar-refractivity contribution is -0.129. The second-order valence-corrected chi connectivity index (χ2v) is 5.42. The van der Waals surface area contributed by atoms with E-state index in [9.17, 15) is 4.79 Å². The highest BCUT2D eigenvalue weighted by Crippen LogP contribution is 2.43. The summed E-state index contributed by atoms with van der Waals surface area (Å²) in [6.07, 6.45) is 0. The lowest BCUT2D eigenvalue weighted by Gasteiger charge is -2.23. The Labute approximate surface area is 92.9 Å². The number of fused-ring (bicyclic) bond motifs is 1. The highest BCUT2D eigenvalue weighted by molar-refractivity contribution is 9.09. The summed E-state index contributed by atoms with van der Waals surface area (Å²) in [7, 11) is 0. The summed E-state index contributed by atoms with van der Waals surface area (Å²) in [5.74, 6) is 0.710. The molecule has 2 heterocycles. The normalized spacial score (nSPS) is 34.6. The molecule has 2 saturated heterocycles. The molecule has 2 unspecified atom stereocenters. The minimum atomic E-state index is 0.191. The molecule has 0 aliphatic carbocycles. The quantitative estimate of drug-likeness (QED) is 0.666. The second kappa shape index (κ2) is 3.49. The summed E-state index contributed by atoms with van der Waals surface area (Å²) >= 11 is 3.23. The Morgan fingerprint density at radius 3 is 2.93 bits per heavy atom. The van der Waals surface area contributed by atoms with Crippen molar-refractivity contribution < 1.29 is 9.53 Å². The Hall–Kier alpha value is -0.0900. The van der Waals surface area contributed by atoms with Gasteiger partial charge in [0.05, 0.1) is 24.6 Å². The molecule has 2 atom stereocenters. The van der Waals surface area contributed by atoms with E-state index in [1.165, 1.54) is 0 Å². The molecule has 0 radical (unpaired) electrons. The Morgan fingerprint density at radius 2 is 2.29 bits per heavy atom. The van der Waals surface area contributed by atoms with Gasteiger partial charge in [-0.25, -0.2) is 0 Å². The molecule has 0 saturated carbocycles. The van der Waals surface area contributed by atoms with Gasteiger partial charge in [-0.1, -0.05) is 29.8 Å². The maximum Gasteiger partial charge on any atom is 0.233 e. The molecule has 0 bridgehead atoms. The van der Waals surface area contributed by atoms with E-state index in [4.69, 9.17) is 4.74 Å². The van der Waals surface area contributed by atoms with Gasteiger partial charge in [0, 0.05) is 12.5 Å². The number of hydrogen-bond donors (Lipinski definition) is 0. The van der Waals surface area contributed by atoms with Crippen molar-refractivity contribution in [3.8, 4) is 0 Å². The van der Waals surface area contributed by atoms with Crippen LogP contribution in [0.15, 0.2) is 0 Å². The molecular formula is C10H16BrNO2. The summed E-state index contributed by atoms with van der Waals surface area (Å²) in [6, 6.07) is 0.315. The van der Waals surface area contributed by atoms with Crippen molar-refractivity contribution in [1.82, 2.24) is 4.90 Å². The van der Waals surface area contributed by atoms with E-state index in [1.54, 1.807) is 0 Å². The van der Waals surface area contributed by atoms with Crippen molar-refractivity contribution in [2.24, 2.45) is 11.3 Å². The molecule has 0 aromatic heterocycles. The van der Waals surface area contributed by atoms with Crippen LogP contribution >= 0.6 is 15.9 Å². The van der Waals surface area contributed by atoms with E-state index >= 15 is 0 Å². The molecule has 2 rings (SSSR count). The van der Waals surface area contributed by atoms with Gasteiger partial charge >= 0.3 is 0 Å². The van der Waals surface area contributed by atoms with Crippen LogP contribution in [0.5, 0.6) is 0 Å². The number of nitrogens with zero attached hydrogens (tertiary/aromatic N) is 1. The summed E-state index contributed by atoms with van der Waals surface area (Å²) in [6.45, 7) is 6.84. The smallest absolute Gasteiger partial charge is 0.233 e. The molecule has 80 valence electrons. The zero-order chi connectivity index (χ0) is 10.3. The van der Waals surface area contributed by atoms with Crippen molar-refractivity contribution in [3.63, 3.8) is 0 Å². The molecule has 2 aliphatic rings. The first kappa shape index (κ1) is 10.4. The standard InChI is InChI=1S/C10H16BrNO2/c1-10(2)6-12(9(13)3-11)8-5-14-4-7(8)10/h7-8H,3-6H2,1-2H3. The Balaban J connectivity index is 2.18. The second-order valence-electron chi connectivity index (χ2n) is 4.86. The minimum absolute atomic E-state index is 0.191. The van der Waals surface area contributed by atoms with Crippen molar-refractivity contribution >= 4 is 21.8 Å². The van der Waals surface area contributed by atoms with Crippen molar-refractivity contribution in [2.45, 2.75) is 19.9 Å². The summed E-state index contributed by atoms with van der Waals surface area (Å²) in [4.78, 5) is 13.6. The van der Waals surface area contributed by atoms with E-state index in [1.807, 2.05) is 4.90 Å². The Kier molecular flexibility index (Phi) is 2.60. The number of amides is 1. The maximum atomic E-state index is 11.7. The molecule has 0 aromatic carbocycles. The average molecular weight is 262 g/mol. The van der Waals surface area contributed by atoms with Gasteiger partial charge in [-0.05, 0) is 5.41 Å². The van der Waals surface area contributed by atoms with Gasteiger partial charge in [-0.3, -0.25) is 4.79 Å². The van der Waals surface area contributed by atoms with Crippen molar-refractivity contribution in [1.29, 1.82) is 0 Å². The topological polar surface area (TPSA) is 29.5 Å². The van der Waals surface area contributed by atoms with Crippen LogP contribution in [0.2, 0.25) is 0 Å². The lowest BCUT2D eigenvalue weighted by atomic mass is 9.80. The number of alkyl halides is 1. The molecule has 3 nitrogen and oxygen atoms in total. The van der Waals surface area contributed by atoms with E-state index in [0.717, 1.165) is 13.2 Å². The summed E-state index contributed by atoms with van der Waals surface area (Å²) in [5, 5.41) is 0.423. The van der Waals surface area contributed by atoms with Crippen LogP contribution in [0, 0.1) is 11.3 Å². The summed E-state index contributed by atoms with van der Waals surface area (Å²) in [5.41, 5.74) is 0.207. The van der Waals surface area contributed by atoms with E-state index in [2.05, 4.69) is 29.8 Å². The number of carbonyl (C=O) groups is 1. The van der Waals surface area contributed by atoms with Crippen LogP contribution in [0.3, 0.4) is 0 Å². The van der Waals surface area contributed by atoms with Gasteiger partial charge in [-0.2, -0.15) is 0 Å². The first-order valence-electron chi connectivity index (χ1n) is 4.99. The molecule has 2 fully saturated rings. The third kappa shape index (κ3) is 1.48. The number of ether oxygens (including phenoxy) is 1. The number of halogens is 1. The van der Waals surface area contributed by atoms with Gasteiger partial charge in [-0.15, -0.1) is 0 Å². The van der Waals surface area contributed by atoms with Gasteiger partial charge < -0.3 is 9.64 Å². The van der Waals surface area contributed by atoms with Crippen molar-refractivity contribution in [3.05, 3.63) is 0 Å². The van der Waals surface area contributed by atoms with Crippen LogP contribution in [0.1, 0.15) is 13.8 Å². The Morgan fingerprint density at radius 1 is 1.57 bits per heavy atom. The highest BCUT2D eigenvalue weighted by Gasteiger charge is 2.51. The number of likely N-dealkylation sites (tertiary alicyclic amines) is 1. The van der Waals surface area contributed by atoms with Crippen LogP contribution < -0.4 is 0 Å². The van der Waals surface area contributed by atoms with Gasteiger partial charge in [0.15, 0.2) is 0 Å². The largest absolute Gasteiger partial charge is 0.379 e. The lowest BCUT2D eigenvalue weighted by Crippen LogP contribution is -2.38. The van der Waals surface area contributed by atoms with E-state index in [0.29, 0.717) is 23.9 Å². The minimum Gasteiger partial charge on any atom is -0.379 e. The summed E-state index contributed by atoms with van der Waals surface area (Å²) < 4.78 is 5.46. The monoisotopic (exact) mass is 261 g/mol. The van der Waals surface area contributed by atoms with Gasteiger partial charge in [0.1, 0.15) is 0 Å². The number of rotatable bonds is 1. The van der Waals surface area contributed by atoms with E-state index < -0.39 is 0 Å². The predicted molar refractivity (Wildman–Crippen MR) is 57.4 cm³/mol. The molecule has 14 heavy (non-hydrogen) atoms. The van der Waals surface area contributed by atoms with Gasteiger partial charge in [0.2, 0.25) is 5.91 Å². The van der Waals surface area contributed by atoms with Crippen molar-refractivity contribution in [2.75, 3.05) is 25.1 Å². The first-order valence-corrected chi connectivity index (χ1v) is 6.11. The molecule has 1 amide bonds. The first-order chi connectivity index (χ1) is 6.56. The fourth-order valence-electron chi connectivity index (χ4n) is 2.62. The fourth-order valence-corrected chi connectivity index (χ4v) is 2.94. The van der Waals surface area contributed by atoms with Gasteiger partial charge in [0.25, 0.3) is 0 Å². The third-order valence-corrected chi connectivity index (χ3v) is 3.95. The SMILES string of the molecule is CC1(C)CN(C(=O)CBr)C2COCC21. The predicted octanol–water partition coefficient (Wildman–Crippen LogP) is 1.26. The number of hydrogen-bond acceptors (Lipinski definition) is 2. The van der Waals surface area contributed by atoms with Crippen LogP contribution in [0.25, 0.3) is 0 Å². The maximum absolute atomic E-state index is 11.7. The molecular weight excluding hydrogens is 246 g/mol. The van der Waals surface area contributed by atoms with Crippen LogP contribution in [0.4, 0.5) is 0 Å². The Bertz CT molecular complexity index is 255. The molecule has 0 N–H and O–H groups in total. The average Bonchev–Trinajstić information content (AvgIpc) is 2.68. The molecule has 0 spiro atoms. The zero-order valence-electron chi connectivity index (χ0n) is 8.62. The molecule has 2 aliphatic heterocycles.